The molecule has 0 radical (unpaired) electrons. The molecule has 1 heterocycles. The molecule has 5 heteroatoms. The Balaban J connectivity index is 1.80. The fourth-order valence-electron chi connectivity index (χ4n) is 4.13. The number of anilines is 1. The first kappa shape index (κ1) is 25.5. The van der Waals surface area contributed by atoms with Gasteiger partial charge in [0.1, 0.15) is 0 Å². The van der Waals surface area contributed by atoms with Crippen LogP contribution in [0, 0.1) is 0 Å². The first-order valence-electron chi connectivity index (χ1n) is 12.0. The number of ketones is 1. The Morgan fingerprint density at radius 1 is 1.00 bits per heavy atom. The molecule has 0 aliphatic carbocycles. The Kier molecular flexibility index (Phi) is 11.1. The maximum atomic E-state index is 13.0. The van der Waals surface area contributed by atoms with Crippen LogP contribution in [0.15, 0.2) is 30.0 Å². The van der Waals surface area contributed by atoms with Crippen molar-refractivity contribution in [1.29, 1.82) is 0 Å². The minimum atomic E-state index is -0.0510. The Hall–Kier alpha value is -1.81. The summed E-state index contributed by atoms with van der Waals surface area (Å²) in [5.74, 6) is 0.0293. The van der Waals surface area contributed by atoms with E-state index >= 15 is 0 Å². The summed E-state index contributed by atoms with van der Waals surface area (Å²) in [5.41, 5.74) is 1.81. The van der Waals surface area contributed by atoms with Crippen LogP contribution >= 0.6 is 11.6 Å². The van der Waals surface area contributed by atoms with Crippen molar-refractivity contribution < 1.29 is 9.59 Å². The van der Waals surface area contributed by atoms with Crippen LogP contribution in [0.4, 0.5) is 5.69 Å². The SMILES string of the molecule is CCCCCCCCCCCCCC(=O)N1CC(=CN(C)C)C(=O)c2cc(Cl)ccc21. The van der Waals surface area contributed by atoms with Crippen LogP contribution in [0.3, 0.4) is 0 Å². The molecule has 0 aromatic heterocycles. The van der Waals surface area contributed by atoms with Gasteiger partial charge in [0.15, 0.2) is 5.78 Å². The number of Topliss-reactive ketones (excluding diaryl/α,β-unsaturated/α-hetero) is 1. The van der Waals surface area contributed by atoms with E-state index in [1.54, 1.807) is 29.3 Å². The van der Waals surface area contributed by atoms with Gasteiger partial charge >= 0.3 is 0 Å². The number of nitrogens with zero attached hydrogens (tertiary/aromatic N) is 2. The maximum absolute atomic E-state index is 13.0. The van der Waals surface area contributed by atoms with E-state index in [4.69, 9.17) is 11.6 Å². The molecule has 1 amide bonds. The highest BCUT2D eigenvalue weighted by molar-refractivity contribution is 6.31. The van der Waals surface area contributed by atoms with Gasteiger partial charge in [-0.3, -0.25) is 9.59 Å². The van der Waals surface area contributed by atoms with Gasteiger partial charge in [0, 0.05) is 42.9 Å². The Bertz CT molecular complexity index is 758. The third kappa shape index (κ3) is 8.33. The number of fused-ring (bicyclic) bond motifs is 1. The number of rotatable bonds is 13. The molecule has 1 aliphatic heterocycles. The molecule has 0 N–H and O–H groups in total. The van der Waals surface area contributed by atoms with Gasteiger partial charge < -0.3 is 9.80 Å². The van der Waals surface area contributed by atoms with E-state index < -0.39 is 0 Å². The van der Waals surface area contributed by atoms with Gasteiger partial charge in [0.2, 0.25) is 5.91 Å². The summed E-state index contributed by atoms with van der Waals surface area (Å²) in [4.78, 5) is 29.4. The van der Waals surface area contributed by atoms with Crippen molar-refractivity contribution in [3.63, 3.8) is 0 Å². The van der Waals surface area contributed by atoms with E-state index in [1.165, 1.54) is 57.8 Å². The molecule has 0 spiro atoms. The number of carbonyl (C=O) groups excluding carboxylic acids is 2. The molecular weight excluding hydrogens is 408 g/mol. The largest absolute Gasteiger partial charge is 0.383 e. The van der Waals surface area contributed by atoms with Gasteiger partial charge in [-0.05, 0) is 24.6 Å². The van der Waals surface area contributed by atoms with Crippen LogP contribution in [0.5, 0.6) is 0 Å². The summed E-state index contributed by atoms with van der Waals surface area (Å²) in [6.45, 7) is 2.58. The summed E-state index contributed by atoms with van der Waals surface area (Å²) >= 11 is 6.12. The molecule has 0 atom stereocenters. The highest BCUT2D eigenvalue weighted by Crippen LogP contribution is 2.32. The van der Waals surface area contributed by atoms with Gasteiger partial charge in [0.05, 0.1) is 12.2 Å². The van der Waals surface area contributed by atoms with Gasteiger partial charge in [0.25, 0.3) is 0 Å². The number of hydrogen-bond donors (Lipinski definition) is 0. The standard InChI is InChI=1S/C26H39ClN2O2/c1-4-5-6-7-8-9-10-11-12-13-14-15-25(30)29-20-21(19-28(2)3)26(31)23-18-22(27)16-17-24(23)29/h16-19H,4-15,20H2,1-3H3. The third-order valence-corrected chi connectivity index (χ3v) is 6.06. The molecule has 1 aromatic rings. The summed E-state index contributed by atoms with van der Waals surface area (Å²) in [6.07, 6.45) is 16.2. The van der Waals surface area contributed by atoms with Crippen molar-refractivity contribution in [2.75, 3.05) is 25.5 Å². The highest BCUT2D eigenvalue weighted by atomic mass is 35.5. The van der Waals surface area contributed by atoms with E-state index in [0.29, 0.717) is 34.8 Å². The summed E-state index contributed by atoms with van der Waals surface area (Å²) in [7, 11) is 3.76. The second kappa shape index (κ2) is 13.6. The van der Waals surface area contributed by atoms with Crippen LogP contribution in [0.1, 0.15) is 94.3 Å². The molecular formula is C26H39ClN2O2. The monoisotopic (exact) mass is 446 g/mol. The zero-order valence-corrected chi connectivity index (χ0v) is 20.3. The topological polar surface area (TPSA) is 40.6 Å². The lowest BCUT2D eigenvalue weighted by atomic mass is 9.95. The van der Waals surface area contributed by atoms with Crippen molar-refractivity contribution in [3.05, 3.63) is 40.6 Å². The van der Waals surface area contributed by atoms with Crippen LogP contribution in [-0.2, 0) is 4.79 Å². The van der Waals surface area contributed by atoms with Crippen molar-refractivity contribution in [3.8, 4) is 0 Å². The summed E-state index contributed by atoms with van der Waals surface area (Å²) in [6, 6.07) is 5.21. The van der Waals surface area contributed by atoms with E-state index in [9.17, 15) is 9.59 Å². The molecule has 0 bridgehead atoms. The van der Waals surface area contributed by atoms with Crippen molar-refractivity contribution >= 4 is 29.0 Å². The molecule has 0 saturated carbocycles. The third-order valence-electron chi connectivity index (χ3n) is 5.82. The molecule has 1 aromatic carbocycles. The van der Waals surface area contributed by atoms with Crippen molar-refractivity contribution in [1.82, 2.24) is 4.90 Å². The van der Waals surface area contributed by atoms with Crippen molar-refractivity contribution in [2.24, 2.45) is 0 Å². The lowest BCUT2D eigenvalue weighted by Crippen LogP contribution is -2.39. The number of halogens is 1. The van der Waals surface area contributed by atoms with E-state index in [1.807, 2.05) is 19.0 Å². The maximum Gasteiger partial charge on any atom is 0.227 e. The van der Waals surface area contributed by atoms with Crippen LogP contribution in [-0.4, -0.2) is 37.2 Å². The number of unbranched alkanes of at least 4 members (excludes halogenated alkanes) is 10. The molecule has 0 fully saturated rings. The van der Waals surface area contributed by atoms with Gasteiger partial charge in [-0.25, -0.2) is 0 Å². The lowest BCUT2D eigenvalue weighted by Gasteiger charge is -2.31. The van der Waals surface area contributed by atoms with E-state index in [0.717, 1.165) is 12.8 Å². The predicted molar refractivity (Wildman–Crippen MR) is 131 cm³/mol. The predicted octanol–water partition coefficient (Wildman–Crippen LogP) is 7.02. The number of amides is 1. The molecule has 0 saturated heterocycles. The molecule has 172 valence electrons. The van der Waals surface area contributed by atoms with E-state index in [2.05, 4.69) is 6.92 Å². The van der Waals surface area contributed by atoms with Crippen LogP contribution in [0.25, 0.3) is 0 Å². The smallest absolute Gasteiger partial charge is 0.227 e. The molecule has 0 unspecified atom stereocenters. The Morgan fingerprint density at radius 2 is 1.58 bits per heavy atom. The van der Waals surface area contributed by atoms with Crippen LogP contribution in [0.2, 0.25) is 5.02 Å². The Labute approximate surface area is 193 Å². The number of carbonyl (C=O) groups is 2. The number of benzene rings is 1. The lowest BCUT2D eigenvalue weighted by molar-refractivity contribution is -0.118. The quantitative estimate of drug-likeness (QED) is 0.241. The molecule has 1 aliphatic rings. The molecule has 31 heavy (non-hydrogen) atoms. The average Bonchev–Trinajstić information content (AvgIpc) is 2.73. The minimum Gasteiger partial charge on any atom is -0.383 e. The summed E-state index contributed by atoms with van der Waals surface area (Å²) in [5, 5.41) is 0.510. The molecule has 2 rings (SSSR count). The zero-order valence-electron chi connectivity index (χ0n) is 19.6. The fraction of sp³-hybridized carbons (Fsp3) is 0.615. The Morgan fingerprint density at radius 3 is 2.16 bits per heavy atom. The van der Waals surface area contributed by atoms with Gasteiger partial charge in [-0.2, -0.15) is 0 Å². The van der Waals surface area contributed by atoms with Crippen LogP contribution < -0.4 is 4.90 Å². The fourth-order valence-corrected chi connectivity index (χ4v) is 4.31. The second-order valence-corrected chi connectivity index (χ2v) is 9.31. The zero-order chi connectivity index (χ0) is 22.6. The molecule has 4 nitrogen and oxygen atoms in total. The van der Waals surface area contributed by atoms with Gasteiger partial charge in [-0.1, -0.05) is 82.7 Å². The number of hydrogen-bond acceptors (Lipinski definition) is 3. The normalized spacial score (nSPS) is 14.8. The highest BCUT2D eigenvalue weighted by Gasteiger charge is 2.30. The average molecular weight is 447 g/mol. The van der Waals surface area contributed by atoms with Gasteiger partial charge in [-0.15, -0.1) is 0 Å². The first-order chi connectivity index (χ1) is 14.9. The van der Waals surface area contributed by atoms with E-state index in [-0.39, 0.29) is 11.7 Å². The van der Waals surface area contributed by atoms with Crippen molar-refractivity contribution in [2.45, 2.75) is 84.0 Å². The first-order valence-corrected chi connectivity index (χ1v) is 12.3. The summed E-state index contributed by atoms with van der Waals surface area (Å²) < 4.78 is 0. The second-order valence-electron chi connectivity index (χ2n) is 8.87. The minimum absolute atomic E-state index is 0.0510.